The van der Waals surface area contributed by atoms with Gasteiger partial charge in [-0.15, -0.1) is 0 Å². The average Bonchev–Trinajstić information content (AvgIpc) is 2.56. The van der Waals surface area contributed by atoms with Crippen molar-refractivity contribution in [2.45, 2.75) is 0 Å². The van der Waals surface area contributed by atoms with E-state index in [1.165, 1.54) is 32.3 Å². The van der Waals surface area contributed by atoms with Gasteiger partial charge in [0.15, 0.2) is 0 Å². The molecule has 0 N–H and O–H groups in total. The highest BCUT2D eigenvalue weighted by atomic mass is 14.7. The van der Waals surface area contributed by atoms with E-state index in [4.69, 9.17) is 4.98 Å². The Balaban J connectivity index is 1.93. The average molecular weight is 279 g/mol. The lowest BCUT2D eigenvalue weighted by molar-refractivity contribution is 1.52. The van der Waals surface area contributed by atoms with Crippen molar-refractivity contribution < 1.29 is 0 Å². The first-order valence-corrected chi connectivity index (χ1v) is 7.49. The van der Waals surface area contributed by atoms with E-state index in [-0.39, 0.29) is 0 Å². The van der Waals surface area contributed by atoms with E-state index < -0.39 is 0 Å². The Morgan fingerprint density at radius 2 is 0.773 bits per heavy atom. The Morgan fingerprint density at radius 3 is 1.23 bits per heavy atom. The molecule has 0 fully saturated rings. The van der Waals surface area contributed by atoms with Crippen molar-refractivity contribution >= 4 is 43.4 Å². The zero-order valence-electron chi connectivity index (χ0n) is 12.0. The maximum absolute atomic E-state index is 4.88. The maximum Gasteiger partial charge on any atom is 0.0716 e. The molecule has 4 aromatic carbocycles. The summed E-state index contributed by atoms with van der Waals surface area (Å²) >= 11 is 0. The summed E-state index contributed by atoms with van der Waals surface area (Å²) < 4.78 is 0. The third-order valence-electron chi connectivity index (χ3n) is 4.34. The van der Waals surface area contributed by atoms with Gasteiger partial charge in [0, 0.05) is 10.8 Å². The summed E-state index contributed by atoms with van der Waals surface area (Å²) in [6, 6.07) is 28.0. The number of benzene rings is 4. The summed E-state index contributed by atoms with van der Waals surface area (Å²) in [4.78, 5) is 4.88. The van der Waals surface area contributed by atoms with E-state index >= 15 is 0 Å². The van der Waals surface area contributed by atoms with E-state index in [2.05, 4.69) is 78.9 Å². The van der Waals surface area contributed by atoms with Crippen LogP contribution >= 0.6 is 0 Å². The minimum atomic E-state index is 1.06. The van der Waals surface area contributed by atoms with Gasteiger partial charge in [-0.05, 0) is 51.9 Å². The lowest BCUT2D eigenvalue weighted by Crippen LogP contribution is -1.84. The molecule has 1 heteroatoms. The highest BCUT2D eigenvalue weighted by Gasteiger charge is 2.04. The smallest absolute Gasteiger partial charge is 0.0716 e. The van der Waals surface area contributed by atoms with Crippen molar-refractivity contribution in [2.75, 3.05) is 0 Å². The molecule has 0 saturated heterocycles. The highest BCUT2D eigenvalue weighted by Crippen LogP contribution is 2.27. The monoisotopic (exact) mass is 279 g/mol. The first kappa shape index (κ1) is 11.7. The van der Waals surface area contributed by atoms with Gasteiger partial charge >= 0.3 is 0 Å². The van der Waals surface area contributed by atoms with Crippen LogP contribution in [0.2, 0.25) is 0 Å². The molecule has 5 aromatic rings. The van der Waals surface area contributed by atoms with Crippen molar-refractivity contribution in [3.8, 4) is 0 Å². The number of fused-ring (bicyclic) bond motifs is 4. The van der Waals surface area contributed by atoms with E-state index in [1.54, 1.807) is 0 Å². The Labute approximate surface area is 127 Å². The topological polar surface area (TPSA) is 12.9 Å². The molecular formula is C21H13N. The molecule has 0 radical (unpaired) electrons. The molecule has 0 spiro atoms. The first-order chi connectivity index (χ1) is 10.9. The Morgan fingerprint density at radius 1 is 0.409 bits per heavy atom. The second-order valence-electron chi connectivity index (χ2n) is 5.77. The van der Waals surface area contributed by atoms with Gasteiger partial charge in [-0.2, -0.15) is 0 Å². The van der Waals surface area contributed by atoms with Crippen molar-refractivity contribution in [1.82, 2.24) is 4.98 Å². The van der Waals surface area contributed by atoms with Gasteiger partial charge in [0.05, 0.1) is 11.0 Å². The van der Waals surface area contributed by atoms with Gasteiger partial charge in [0.2, 0.25) is 0 Å². The van der Waals surface area contributed by atoms with E-state index in [1.807, 2.05) is 0 Å². The lowest BCUT2D eigenvalue weighted by atomic mass is 10.0. The van der Waals surface area contributed by atoms with Crippen LogP contribution in [0.5, 0.6) is 0 Å². The van der Waals surface area contributed by atoms with Crippen LogP contribution in [-0.4, -0.2) is 4.98 Å². The van der Waals surface area contributed by atoms with Crippen molar-refractivity contribution in [3.05, 3.63) is 78.9 Å². The quantitative estimate of drug-likeness (QED) is 0.332. The molecular weight excluding hydrogens is 266 g/mol. The van der Waals surface area contributed by atoms with Gasteiger partial charge in [-0.3, -0.25) is 0 Å². The molecule has 5 rings (SSSR count). The normalized spacial score (nSPS) is 11.6. The molecule has 0 saturated carbocycles. The molecule has 0 unspecified atom stereocenters. The summed E-state index contributed by atoms with van der Waals surface area (Å²) in [5.41, 5.74) is 2.11. The standard InChI is InChI=1S/C21H13N/c1-3-7-16-12-20-18(9-14(16)5-1)11-19-10-15-6-2-4-8-17(15)13-21(19)22-20/h1-13H. The molecule has 1 heterocycles. The van der Waals surface area contributed by atoms with Gasteiger partial charge < -0.3 is 0 Å². The summed E-state index contributed by atoms with van der Waals surface area (Å²) in [5.74, 6) is 0. The number of pyridine rings is 1. The first-order valence-electron chi connectivity index (χ1n) is 7.49. The summed E-state index contributed by atoms with van der Waals surface area (Å²) in [7, 11) is 0. The van der Waals surface area contributed by atoms with Crippen LogP contribution in [-0.2, 0) is 0 Å². The number of hydrogen-bond donors (Lipinski definition) is 0. The predicted molar refractivity (Wildman–Crippen MR) is 94.3 cm³/mol. The van der Waals surface area contributed by atoms with Crippen molar-refractivity contribution in [3.63, 3.8) is 0 Å². The Kier molecular flexibility index (Phi) is 2.28. The van der Waals surface area contributed by atoms with Crippen LogP contribution in [0.15, 0.2) is 78.9 Å². The largest absolute Gasteiger partial charge is 0.248 e. The van der Waals surface area contributed by atoms with Crippen LogP contribution < -0.4 is 0 Å². The second-order valence-corrected chi connectivity index (χ2v) is 5.77. The second kappa shape index (κ2) is 4.28. The zero-order valence-corrected chi connectivity index (χ0v) is 12.0. The zero-order chi connectivity index (χ0) is 14.5. The van der Waals surface area contributed by atoms with Crippen molar-refractivity contribution in [2.24, 2.45) is 0 Å². The fourth-order valence-corrected chi connectivity index (χ4v) is 3.21. The van der Waals surface area contributed by atoms with Crippen LogP contribution in [0.4, 0.5) is 0 Å². The molecule has 102 valence electrons. The van der Waals surface area contributed by atoms with E-state index in [9.17, 15) is 0 Å². The number of rotatable bonds is 0. The van der Waals surface area contributed by atoms with Gasteiger partial charge in [-0.25, -0.2) is 4.98 Å². The van der Waals surface area contributed by atoms with E-state index in [0.29, 0.717) is 0 Å². The predicted octanol–water partition coefficient (Wildman–Crippen LogP) is 5.69. The molecule has 22 heavy (non-hydrogen) atoms. The summed E-state index contributed by atoms with van der Waals surface area (Å²) in [6.07, 6.45) is 0. The molecule has 0 atom stereocenters. The number of aromatic nitrogens is 1. The van der Waals surface area contributed by atoms with E-state index in [0.717, 1.165) is 11.0 Å². The molecule has 0 aliphatic heterocycles. The van der Waals surface area contributed by atoms with Gasteiger partial charge in [0.25, 0.3) is 0 Å². The minimum Gasteiger partial charge on any atom is -0.248 e. The Hall–Kier alpha value is -2.93. The lowest BCUT2D eigenvalue weighted by Gasteiger charge is -2.06. The summed E-state index contributed by atoms with van der Waals surface area (Å²) in [6.45, 7) is 0. The molecule has 1 nitrogen and oxygen atoms in total. The third-order valence-corrected chi connectivity index (χ3v) is 4.34. The van der Waals surface area contributed by atoms with Crippen LogP contribution in [0, 0.1) is 0 Å². The van der Waals surface area contributed by atoms with Crippen LogP contribution in [0.25, 0.3) is 43.4 Å². The highest BCUT2D eigenvalue weighted by molar-refractivity contribution is 6.04. The maximum atomic E-state index is 4.88. The Bertz CT molecular complexity index is 988. The molecule has 0 bridgehead atoms. The SMILES string of the molecule is c1ccc2cc3nc4cc5ccccc5cc4cc3cc2c1. The summed E-state index contributed by atoms with van der Waals surface area (Å²) in [5, 5.41) is 7.39. The fourth-order valence-electron chi connectivity index (χ4n) is 3.21. The van der Waals surface area contributed by atoms with Crippen molar-refractivity contribution in [1.29, 1.82) is 0 Å². The van der Waals surface area contributed by atoms with Crippen LogP contribution in [0.3, 0.4) is 0 Å². The molecule has 0 aliphatic carbocycles. The molecule has 0 aliphatic rings. The van der Waals surface area contributed by atoms with Crippen LogP contribution in [0.1, 0.15) is 0 Å². The third kappa shape index (κ3) is 1.69. The number of nitrogens with zero attached hydrogens (tertiary/aromatic N) is 1. The molecule has 1 aromatic heterocycles. The fraction of sp³-hybridized carbons (Fsp3) is 0. The van der Waals surface area contributed by atoms with Gasteiger partial charge in [0.1, 0.15) is 0 Å². The molecule has 0 amide bonds. The number of hydrogen-bond acceptors (Lipinski definition) is 1. The minimum absolute atomic E-state index is 1.06. The van der Waals surface area contributed by atoms with Gasteiger partial charge in [-0.1, -0.05) is 48.5 Å².